The summed E-state index contributed by atoms with van der Waals surface area (Å²) in [6.07, 6.45) is 2.67. The standard InChI is InChI=1S/C24H25N3O3S/c1-14-12-17(22(28)25-19-7-6-15-4-2-3-5-18(15)19)13-20-21(14)26-23(31-20)16-8-10-27(11-9-16)24(29)30/h2-5,12-13,16,19H,6-11H2,1H3,(H,25,28)(H,29,30). The van der Waals surface area contributed by atoms with Crippen LogP contribution >= 0.6 is 11.3 Å². The molecule has 2 amide bonds. The largest absolute Gasteiger partial charge is 0.465 e. The quantitative estimate of drug-likeness (QED) is 0.614. The number of rotatable bonds is 3. The van der Waals surface area contributed by atoms with Crippen LogP contribution in [0.4, 0.5) is 4.79 Å². The number of nitrogens with one attached hydrogen (secondary N) is 1. The first kappa shape index (κ1) is 20.0. The summed E-state index contributed by atoms with van der Waals surface area (Å²) in [5, 5.41) is 13.4. The summed E-state index contributed by atoms with van der Waals surface area (Å²) in [7, 11) is 0. The molecular formula is C24H25N3O3S. The topological polar surface area (TPSA) is 82.5 Å². The number of hydrogen-bond acceptors (Lipinski definition) is 4. The van der Waals surface area contributed by atoms with E-state index in [0.29, 0.717) is 18.7 Å². The normalized spacial score (nSPS) is 18.9. The Balaban J connectivity index is 1.35. The van der Waals surface area contributed by atoms with E-state index in [4.69, 9.17) is 10.1 Å². The summed E-state index contributed by atoms with van der Waals surface area (Å²) in [6, 6.07) is 12.3. The van der Waals surface area contributed by atoms with Gasteiger partial charge in [-0.05, 0) is 61.4 Å². The molecule has 2 heterocycles. The molecule has 0 radical (unpaired) electrons. The van der Waals surface area contributed by atoms with Gasteiger partial charge in [-0.3, -0.25) is 4.79 Å². The van der Waals surface area contributed by atoms with Gasteiger partial charge in [0.1, 0.15) is 0 Å². The molecule has 2 aromatic carbocycles. The van der Waals surface area contributed by atoms with Gasteiger partial charge in [-0.15, -0.1) is 11.3 Å². The van der Waals surface area contributed by atoms with Gasteiger partial charge in [0.15, 0.2) is 0 Å². The zero-order chi connectivity index (χ0) is 21.5. The van der Waals surface area contributed by atoms with Crippen LogP contribution in [-0.4, -0.2) is 40.1 Å². The van der Waals surface area contributed by atoms with Gasteiger partial charge in [-0.1, -0.05) is 24.3 Å². The SMILES string of the molecule is Cc1cc(C(=O)NC2CCc3ccccc32)cc2sc(C3CCN(C(=O)O)CC3)nc12. The number of benzene rings is 2. The van der Waals surface area contributed by atoms with E-state index in [0.717, 1.165) is 46.5 Å². The number of carbonyl (C=O) groups excluding carboxylic acids is 1. The third kappa shape index (κ3) is 3.78. The third-order valence-electron chi connectivity index (χ3n) is 6.52. The van der Waals surface area contributed by atoms with E-state index in [1.54, 1.807) is 11.3 Å². The Labute approximate surface area is 184 Å². The van der Waals surface area contributed by atoms with Gasteiger partial charge in [-0.2, -0.15) is 0 Å². The van der Waals surface area contributed by atoms with Crippen molar-refractivity contribution in [2.45, 2.75) is 44.6 Å². The van der Waals surface area contributed by atoms with Crippen LogP contribution in [0.5, 0.6) is 0 Å². The highest BCUT2D eigenvalue weighted by Gasteiger charge is 2.27. The average Bonchev–Trinajstić information content (AvgIpc) is 3.39. The molecule has 7 heteroatoms. The maximum absolute atomic E-state index is 13.0. The maximum atomic E-state index is 13.0. The number of nitrogens with zero attached hydrogens (tertiary/aromatic N) is 2. The first-order valence-electron chi connectivity index (χ1n) is 10.8. The highest BCUT2D eigenvalue weighted by atomic mass is 32.1. The second-order valence-electron chi connectivity index (χ2n) is 8.50. The summed E-state index contributed by atoms with van der Waals surface area (Å²) in [5.41, 5.74) is 5.16. The molecule has 2 N–H and O–H groups in total. The monoisotopic (exact) mass is 435 g/mol. The fourth-order valence-electron chi connectivity index (χ4n) is 4.79. The lowest BCUT2D eigenvalue weighted by atomic mass is 9.98. The number of fused-ring (bicyclic) bond motifs is 2. The molecule has 31 heavy (non-hydrogen) atoms. The summed E-state index contributed by atoms with van der Waals surface area (Å²) < 4.78 is 1.02. The predicted molar refractivity (Wildman–Crippen MR) is 121 cm³/mol. The maximum Gasteiger partial charge on any atom is 0.407 e. The molecular weight excluding hydrogens is 410 g/mol. The van der Waals surface area contributed by atoms with Crippen molar-refractivity contribution < 1.29 is 14.7 Å². The fourth-order valence-corrected chi connectivity index (χ4v) is 6.04. The number of aromatic nitrogens is 1. The van der Waals surface area contributed by atoms with E-state index in [1.807, 2.05) is 31.2 Å². The molecule has 1 aliphatic carbocycles. The first-order chi connectivity index (χ1) is 15.0. The van der Waals surface area contributed by atoms with Gasteiger partial charge in [0, 0.05) is 24.6 Å². The Morgan fingerprint density at radius 2 is 1.94 bits per heavy atom. The fraction of sp³-hybridized carbons (Fsp3) is 0.375. The zero-order valence-corrected chi connectivity index (χ0v) is 18.2. The Morgan fingerprint density at radius 1 is 1.16 bits per heavy atom. The average molecular weight is 436 g/mol. The van der Waals surface area contributed by atoms with E-state index < -0.39 is 6.09 Å². The van der Waals surface area contributed by atoms with Gasteiger partial charge >= 0.3 is 6.09 Å². The van der Waals surface area contributed by atoms with Crippen molar-refractivity contribution in [2.24, 2.45) is 0 Å². The molecule has 1 fully saturated rings. The lowest BCUT2D eigenvalue weighted by molar-refractivity contribution is 0.0936. The molecule has 5 rings (SSSR count). The third-order valence-corrected chi connectivity index (χ3v) is 7.68. The molecule has 1 aromatic heterocycles. The molecule has 1 atom stereocenters. The van der Waals surface area contributed by atoms with Crippen LogP contribution in [-0.2, 0) is 6.42 Å². The second kappa shape index (κ2) is 7.96. The van der Waals surface area contributed by atoms with E-state index in [1.165, 1.54) is 16.0 Å². The Hall–Kier alpha value is -2.93. The van der Waals surface area contributed by atoms with Crippen molar-refractivity contribution >= 4 is 33.6 Å². The van der Waals surface area contributed by atoms with Crippen LogP contribution in [0.3, 0.4) is 0 Å². The van der Waals surface area contributed by atoms with Crippen LogP contribution in [0, 0.1) is 6.92 Å². The van der Waals surface area contributed by atoms with Crippen LogP contribution in [0.15, 0.2) is 36.4 Å². The van der Waals surface area contributed by atoms with E-state index in [2.05, 4.69) is 17.4 Å². The van der Waals surface area contributed by atoms with Crippen molar-refractivity contribution in [3.05, 3.63) is 63.7 Å². The van der Waals surface area contributed by atoms with Gasteiger partial charge in [-0.25, -0.2) is 9.78 Å². The number of amides is 2. The minimum absolute atomic E-state index is 0.0450. The highest BCUT2D eigenvalue weighted by Crippen LogP contribution is 2.36. The number of hydrogen-bond donors (Lipinski definition) is 2. The van der Waals surface area contributed by atoms with Crippen molar-refractivity contribution in [3.63, 3.8) is 0 Å². The van der Waals surface area contributed by atoms with Crippen molar-refractivity contribution in [1.82, 2.24) is 15.2 Å². The molecule has 1 unspecified atom stereocenters. The molecule has 3 aromatic rings. The molecule has 160 valence electrons. The van der Waals surface area contributed by atoms with Gasteiger partial charge in [0.05, 0.1) is 21.3 Å². The van der Waals surface area contributed by atoms with Gasteiger partial charge in [0.25, 0.3) is 5.91 Å². The van der Waals surface area contributed by atoms with Crippen molar-refractivity contribution in [2.75, 3.05) is 13.1 Å². The molecule has 0 bridgehead atoms. The lowest BCUT2D eigenvalue weighted by Gasteiger charge is -2.28. The van der Waals surface area contributed by atoms with Crippen molar-refractivity contribution in [1.29, 1.82) is 0 Å². The van der Waals surface area contributed by atoms with Gasteiger partial charge in [0.2, 0.25) is 0 Å². The summed E-state index contributed by atoms with van der Waals surface area (Å²) >= 11 is 1.63. The van der Waals surface area contributed by atoms with Crippen molar-refractivity contribution in [3.8, 4) is 0 Å². The molecule has 1 aliphatic heterocycles. The predicted octanol–water partition coefficient (Wildman–Crippen LogP) is 4.88. The zero-order valence-electron chi connectivity index (χ0n) is 17.4. The van der Waals surface area contributed by atoms with E-state index in [-0.39, 0.29) is 17.9 Å². The van der Waals surface area contributed by atoms with E-state index >= 15 is 0 Å². The molecule has 0 spiro atoms. The number of carboxylic acid groups (broad SMARTS) is 1. The molecule has 2 aliphatic rings. The smallest absolute Gasteiger partial charge is 0.407 e. The number of thiazole rings is 1. The second-order valence-corrected chi connectivity index (χ2v) is 9.56. The van der Waals surface area contributed by atoms with Crippen LogP contribution in [0.1, 0.15) is 63.3 Å². The highest BCUT2D eigenvalue weighted by molar-refractivity contribution is 7.18. The number of piperidine rings is 1. The van der Waals surface area contributed by atoms with Crippen LogP contribution < -0.4 is 5.32 Å². The van der Waals surface area contributed by atoms with E-state index in [9.17, 15) is 9.59 Å². The lowest BCUT2D eigenvalue weighted by Crippen LogP contribution is -2.36. The van der Waals surface area contributed by atoms with Crippen LogP contribution in [0.2, 0.25) is 0 Å². The summed E-state index contributed by atoms with van der Waals surface area (Å²) in [6.45, 7) is 3.09. The summed E-state index contributed by atoms with van der Waals surface area (Å²) in [5.74, 6) is 0.232. The minimum Gasteiger partial charge on any atom is -0.465 e. The Morgan fingerprint density at radius 3 is 2.71 bits per heavy atom. The molecule has 1 saturated heterocycles. The summed E-state index contributed by atoms with van der Waals surface area (Å²) in [4.78, 5) is 30.5. The Bertz CT molecular complexity index is 1160. The molecule has 0 saturated carbocycles. The Kier molecular flexibility index (Phi) is 5.14. The number of carbonyl (C=O) groups is 2. The minimum atomic E-state index is -0.848. The van der Waals surface area contributed by atoms with Gasteiger partial charge < -0.3 is 15.3 Å². The number of likely N-dealkylation sites (tertiary alicyclic amines) is 1. The first-order valence-corrected chi connectivity index (χ1v) is 11.6. The number of aryl methyl sites for hydroxylation is 2. The molecule has 6 nitrogen and oxygen atoms in total. The van der Waals surface area contributed by atoms with Crippen LogP contribution in [0.25, 0.3) is 10.2 Å².